The van der Waals surface area contributed by atoms with Crippen molar-refractivity contribution in [1.29, 1.82) is 5.26 Å². The number of nitrogens with one attached hydrogen (secondary N) is 1. The number of hydrogen-bond donors (Lipinski definition) is 2. The molecule has 3 atom stereocenters. The average molecular weight is 389 g/mol. The Balaban J connectivity index is 1.70. The maximum atomic E-state index is 10.3. The quantitative estimate of drug-likeness (QED) is 0.814. The molecule has 0 radical (unpaired) electrons. The number of benzene rings is 1. The summed E-state index contributed by atoms with van der Waals surface area (Å²) in [4.78, 5) is 5.13. The Kier molecular flexibility index (Phi) is 3.96. The number of hydrogen-bond acceptors (Lipinski definition) is 7. The molecule has 2 heterocycles. The van der Waals surface area contributed by atoms with Gasteiger partial charge in [0, 0.05) is 30.1 Å². The van der Waals surface area contributed by atoms with E-state index in [1.165, 1.54) is 0 Å². The zero-order valence-corrected chi connectivity index (χ0v) is 16.5. The van der Waals surface area contributed by atoms with Crippen LogP contribution in [0.1, 0.15) is 43.9 Å². The van der Waals surface area contributed by atoms with Gasteiger partial charge in [-0.05, 0) is 25.2 Å². The van der Waals surface area contributed by atoms with E-state index in [2.05, 4.69) is 33.3 Å². The molecule has 1 aliphatic heterocycles. The van der Waals surface area contributed by atoms with Crippen LogP contribution in [0, 0.1) is 17.2 Å². The summed E-state index contributed by atoms with van der Waals surface area (Å²) < 4.78 is 2.14. The molecule has 1 aromatic carbocycles. The van der Waals surface area contributed by atoms with Crippen LogP contribution in [0.5, 0.6) is 0 Å². The molecular weight excluding hydrogens is 366 g/mol. The Labute approximate surface area is 169 Å². The Morgan fingerprint density at radius 2 is 2.10 bits per heavy atom. The summed E-state index contributed by atoms with van der Waals surface area (Å²) in [5.74, 6) is 1.36. The van der Waals surface area contributed by atoms with Gasteiger partial charge in [-0.25, -0.2) is 10.1 Å². The van der Waals surface area contributed by atoms with Crippen molar-refractivity contribution in [2.45, 2.75) is 44.3 Å². The van der Waals surface area contributed by atoms with Crippen LogP contribution < -0.4 is 5.43 Å². The molecule has 0 saturated heterocycles. The third kappa shape index (κ3) is 2.65. The second-order valence-electron chi connectivity index (χ2n) is 8.27. The first kappa shape index (κ1) is 17.9. The summed E-state index contributed by atoms with van der Waals surface area (Å²) in [6, 6.07) is 12.3. The third-order valence-electron chi connectivity index (χ3n) is 6.52. The average Bonchev–Trinajstić information content (AvgIpc) is 3.32. The van der Waals surface area contributed by atoms with E-state index in [9.17, 15) is 10.4 Å². The first-order chi connectivity index (χ1) is 14.0. The van der Waals surface area contributed by atoms with Gasteiger partial charge in [0.2, 0.25) is 6.29 Å². The van der Waals surface area contributed by atoms with Crippen molar-refractivity contribution in [1.82, 2.24) is 20.1 Å². The fraction of sp³-hybridized carbons (Fsp3) is 0.429. The van der Waals surface area contributed by atoms with Crippen molar-refractivity contribution < 1.29 is 5.11 Å². The van der Waals surface area contributed by atoms with Crippen molar-refractivity contribution in [3.05, 3.63) is 53.1 Å². The van der Waals surface area contributed by atoms with Gasteiger partial charge in [0.1, 0.15) is 11.6 Å². The molecule has 2 aromatic rings. The lowest BCUT2D eigenvalue weighted by molar-refractivity contribution is 0.188. The summed E-state index contributed by atoms with van der Waals surface area (Å²) in [5.41, 5.74) is 6.60. The number of nitrogens with zero attached hydrogens (tertiary/aromatic N) is 6. The molecule has 0 saturated carbocycles. The molecule has 148 valence electrons. The van der Waals surface area contributed by atoms with Crippen LogP contribution in [-0.4, -0.2) is 26.8 Å². The number of aliphatic hydroxyl groups is 1. The minimum absolute atomic E-state index is 0.244. The van der Waals surface area contributed by atoms with Gasteiger partial charge < -0.3 is 5.11 Å². The van der Waals surface area contributed by atoms with Crippen LogP contribution in [0.4, 0.5) is 0 Å². The fourth-order valence-electron chi connectivity index (χ4n) is 4.98. The molecule has 2 N–H and O–H groups in total. The van der Waals surface area contributed by atoms with E-state index < -0.39 is 0 Å². The van der Waals surface area contributed by atoms with Gasteiger partial charge in [0.25, 0.3) is 0 Å². The largest absolute Gasteiger partial charge is 0.511 e. The molecule has 1 aromatic heterocycles. The Morgan fingerprint density at radius 3 is 2.79 bits per heavy atom. The predicted molar refractivity (Wildman–Crippen MR) is 106 cm³/mol. The van der Waals surface area contributed by atoms with Gasteiger partial charge in [-0.3, -0.25) is 4.57 Å². The van der Waals surface area contributed by atoms with E-state index >= 15 is 0 Å². The van der Waals surface area contributed by atoms with Crippen molar-refractivity contribution >= 4 is 0 Å². The standard InChI is InChI=1S/C21H23N7O/c1-21-11-14(12-22)17(29)10-15(21)8-9-16-18(21)23-19(13-6-4-3-5-7-13)28(16)20-24-26-27(2)25-20/h3-7,15,20,25,29H,8-11H2,1-2H3. The molecule has 29 heavy (non-hydrogen) atoms. The van der Waals surface area contributed by atoms with Gasteiger partial charge in [-0.2, -0.15) is 10.7 Å². The lowest BCUT2D eigenvalue weighted by Gasteiger charge is -2.43. The van der Waals surface area contributed by atoms with E-state index in [4.69, 9.17) is 4.98 Å². The smallest absolute Gasteiger partial charge is 0.221 e. The fourth-order valence-corrected chi connectivity index (χ4v) is 4.98. The molecule has 3 aliphatic rings. The van der Waals surface area contributed by atoms with Gasteiger partial charge >= 0.3 is 0 Å². The first-order valence-electron chi connectivity index (χ1n) is 9.90. The van der Waals surface area contributed by atoms with Crippen molar-refractivity contribution in [2.75, 3.05) is 7.05 Å². The predicted octanol–water partition coefficient (Wildman–Crippen LogP) is 3.77. The van der Waals surface area contributed by atoms with Crippen molar-refractivity contribution in [2.24, 2.45) is 16.3 Å². The summed E-state index contributed by atoms with van der Waals surface area (Å²) in [6.45, 7) is 2.18. The zero-order valence-electron chi connectivity index (χ0n) is 16.5. The Bertz CT molecular complexity index is 1060. The zero-order chi connectivity index (χ0) is 20.2. The lowest BCUT2D eigenvalue weighted by Crippen LogP contribution is -2.41. The molecule has 8 nitrogen and oxygen atoms in total. The van der Waals surface area contributed by atoms with Crippen LogP contribution >= 0.6 is 0 Å². The second kappa shape index (κ2) is 6.42. The van der Waals surface area contributed by atoms with Crippen LogP contribution in [0.15, 0.2) is 52.0 Å². The van der Waals surface area contributed by atoms with E-state index in [0.29, 0.717) is 18.4 Å². The molecule has 0 spiro atoms. The van der Waals surface area contributed by atoms with Gasteiger partial charge in [-0.1, -0.05) is 42.5 Å². The first-order valence-corrected chi connectivity index (χ1v) is 9.90. The van der Waals surface area contributed by atoms with Gasteiger partial charge in [0.15, 0.2) is 0 Å². The number of imidazole rings is 1. The number of hydrazine groups is 1. The van der Waals surface area contributed by atoms with Crippen LogP contribution in [0.3, 0.4) is 0 Å². The number of fused-ring (bicyclic) bond motifs is 3. The van der Waals surface area contributed by atoms with Crippen LogP contribution in [0.2, 0.25) is 0 Å². The minimum Gasteiger partial charge on any atom is -0.511 e. The molecular formula is C21H23N7O. The maximum Gasteiger partial charge on any atom is 0.221 e. The molecule has 8 heteroatoms. The lowest BCUT2D eigenvalue weighted by atomic mass is 9.61. The summed E-state index contributed by atoms with van der Waals surface area (Å²) in [6.07, 6.45) is 2.48. The topological polar surface area (TPSA) is 102 Å². The highest BCUT2D eigenvalue weighted by Gasteiger charge is 2.48. The van der Waals surface area contributed by atoms with Crippen LogP contribution in [-0.2, 0) is 11.8 Å². The monoisotopic (exact) mass is 389 g/mol. The highest BCUT2D eigenvalue weighted by atomic mass is 16.3. The SMILES string of the molecule is CN1N=NC(n2c(-c3ccccc3)nc3c2CCC2CC(O)=C(C#N)CC32C)N1. The van der Waals surface area contributed by atoms with E-state index in [0.717, 1.165) is 35.6 Å². The van der Waals surface area contributed by atoms with E-state index in [1.54, 1.807) is 5.12 Å². The van der Waals surface area contributed by atoms with E-state index in [1.807, 2.05) is 37.4 Å². The Hall–Kier alpha value is -3.18. The summed E-state index contributed by atoms with van der Waals surface area (Å²) >= 11 is 0. The van der Waals surface area contributed by atoms with E-state index in [-0.39, 0.29) is 23.4 Å². The number of nitriles is 1. The summed E-state index contributed by atoms with van der Waals surface area (Å²) in [5, 5.41) is 29.9. The molecule has 2 aliphatic carbocycles. The number of allylic oxidation sites excluding steroid dienone is 2. The van der Waals surface area contributed by atoms with Crippen LogP contribution in [0.25, 0.3) is 11.4 Å². The minimum atomic E-state index is -0.352. The second-order valence-corrected chi connectivity index (χ2v) is 8.27. The van der Waals surface area contributed by atoms with Gasteiger partial charge in [-0.15, -0.1) is 5.11 Å². The number of aromatic nitrogens is 2. The molecule has 5 rings (SSSR count). The van der Waals surface area contributed by atoms with Gasteiger partial charge in [0.05, 0.1) is 17.3 Å². The number of rotatable bonds is 2. The highest BCUT2D eigenvalue weighted by molar-refractivity contribution is 5.58. The highest BCUT2D eigenvalue weighted by Crippen LogP contribution is 2.51. The molecule has 0 bridgehead atoms. The maximum absolute atomic E-state index is 10.3. The summed E-state index contributed by atoms with van der Waals surface area (Å²) in [7, 11) is 1.82. The third-order valence-corrected chi connectivity index (χ3v) is 6.52. The molecule has 0 fully saturated rings. The molecule has 0 amide bonds. The van der Waals surface area contributed by atoms with Crippen molar-refractivity contribution in [3.63, 3.8) is 0 Å². The normalized spacial score (nSPS) is 28.2. The Morgan fingerprint density at radius 1 is 1.31 bits per heavy atom. The molecule has 3 unspecified atom stereocenters. The van der Waals surface area contributed by atoms with Crippen molar-refractivity contribution in [3.8, 4) is 17.5 Å². The number of aliphatic hydroxyl groups excluding tert-OH is 1.